The van der Waals surface area contributed by atoms with Crippen LogP contribution in [-0.2, 0) is 10.0 Å². The maximum Gasteiger partial charge on any atom is 0.241 e. The summed E-state index contributed by atoms with van der Waals surface area (Å²) in [6.45, 7) is 6.12. The second-order valence-corrected chi connectivity index (χ2v) is 8.39. The van der Waals surface area contributed by atoms with E-state index in [9.17, 15) is 8.42 Å². The Kier molecular flexibility index (Phi) is 6.22. The van der Waals surface area contributed by atoms with Gasteiger partial charge in [0.2, 0.25) is 10.0 Å². The van der Waals surface area contributed by atoms with E-state index >= 15 is 0 Å². The van der Waals surface area contributed by atoms with Crippen molar-refractivity contribution in [3.63, 3.8) is 0 Å². The van der Waals surface area contributed by atoms with Crippen molar-refractivity contribution in [2.45, 2.75) is 37.6 Å². The minimum Gasteiger partial charge on any atom is -0.497 e. The van der Waals surface area contributed by atoms with Gasteiger partial charge in [0, 0.05) is 22.6 Å². The number of nitrogens with one attached hydrogen (secondary N) is 1. The van der Waals surface area contributed by atoms with Gasteiger partial charge in [-0.1, -0.05) is 29.8 Å². The Hall–Kier alpha value is -0.630. The lowest BCUT2D eigenvalue weighted by molar-refractivity contribution is 0.344. The topological polar surface area (TPSA) is 81.4 Å². The molecule has 5 nitrogen and oxygen atoms in total. The van der Waals surface area contributed by atoms with E-state index in [4.69, 9.17) is 10.5 Å². The monoisotopic (exact) mass is 378 g/mol. The third-order valence-electron chi connectivity index (χ3n) is 3.08. The van der Waals surface area contributed by atoms with Gasteiger partial charge < -0.3 is 10.5 Å². The van der Waals surface area contributed by atoms with E-state index < -0.39 is 15.6 Å². The molecule has 0 aliphatic rings. The van der Waals surface area contributed by atoms with Crippen molar-refractivity contribution < 1.29 is 13.2 Å². The summed E-state index contributed by atoms with van der Waals surface area (Å²) in [6.07, 6.45) is 0.661. The molecule has 1 aromatic carbocycles. The fourth-order valence-electron chi connectivity index (χ4n) is 2.26. The van der Waals surface area contributed by atoms with Crippen LogP contribution in [0.5, 0.6) is 5.75 Å². The van der Waals surface area contributed by atoms with Crippen LogP contribution >= 0.6 is 15.9 Å². The van der Waals surface area contributed by atoms with Gasteiger partial charge in [-0.15, -0.1) is 0 Å². The van der Waals surface area contributed by atoms with Crippen LogP contribution in [0.4, 0.5) is 0 Å². The van der Waals surface area contributed by atoms with Crippen molar-refractivity contribution in [3.05, 3.63) is 22.7 Å². The maximum absolute atomic E-state index is 12.6. The summed E-state index contributed by atoms with van der Waals surface area (Å²) in [6, 6.07) is 4.73. The zero-order chi connectivity index (χ0) is 16.3. The van der Waals surface area contributed by atoms with Crippen molar-refractivity contribution >= 4 is 26.0 Å². The van der Waals surface area contributed by atoms with Gasteiger partial charge in [-0.25, -0.2) is 13.1 Å². The lowest BCUT2D eigenvalue weighted by Gasteiger charge is -2.30. The summed E-state index contributed by atoms with van der Waals surface area (Å²) in [5.41, 5.74) is 5.09. The second kappa shape index (κ2) is 7.09. The van der Waals surface area contributed by atoms with E-state index in [1.165, 1.54) is 19.2 Å². The predicted molar refractivity (Wildman–Crippen MR) is 87.9 cm³/mol. The SMILES string of the molecule is COc1cc(Br)cc(S(=O)(=O)NC(C)(CN)CC(C)C)c1. The van der Waals surface area contributed by atoms with Crippen LogP contribution in [0.1, 0.15) is 27.2 Å². The van der Waals surface area contributed by atoms with Crippen LogP contribution in [0.15, 0.2) is 27.6 Å². The van der Waals surface area contributed by atoms with Crippen molar-refractivity contribution in [2.24, 2.45) is 11.7 Å². The van der Waals surface area contributed by atoms with E-state index in [1.54, 1.807) is 6.07 Å². The van der Waals surface area contributed by atoms with Crippen molar-refractivity contribution in [3.8, 4) is 5.75 Å². The number of methoxy groups -OCH3 is 1. The molecule has 0 aliphatic heterocycles. The van der Waals surface area contributed by atoms with Gasteiger partial charge in [0.25, 0.3) is 0 Å². The molecule has 0 saturated heterocycles. The molecule has 1 atom stereocenters. The first kappa shape index (κ1) is 18.4. The molecule has 0 heterocycles. The summed E-state index contributed by atoms with van der Waals surface area (Å²) < 4.78 is 33.6. The van der Waals surface area contributed by atoms with E-state index in [1.807, 2.05) is 20.8 Å². The van der Waals surface area contributed by atoms with E-state index in [-0.39, 0.29) is 11.4 Å². The van der Waals surface area contributed by atoms with Crippen LogP contribution < -0.4 is 15.2 Å². The van der Waals surface area contributed by atoms with E-state index in [2.05, 4.69) is 20.7 Å². The zero-order valence-corrected chi connectivity index (χ0v) is 15.2. The lowest BCUT2D eigenvalue weighted by atomic mass is 9.92. The zero-order valence-electron chi connectivity index (χ0n) is 12.8. The minimum absolute atomic E-state index is 0.150. The molecule has 1 rings (SSSR count). The number of hydrogen-bond acceptors (Lipinski definition) is 4. The lowest BCUT2D eigenvalue weighted by Crippen LogP contribution is -2.51. The molecule has 0 bridgehead atoms. The highest BCUT2D eigenvalue weighted by molar-refractivity contribution is 9.10. The first-order chi connectivity index (χ1) is 9.62. The average molecular weight is 379 g/mol. The Balaban J connectivity index is 3.13. The summed E-state index contributed by atoms with van der Waals surface area (Å²) in [7, 11) is -2.18. The molecule has 120 valence electrons. The van der Waals surface area contributed by atoms with Crippen LogP contribution in [0.2, 0.25) is 0 Å². The van der Waals surface area contributed by atoms with Crippen molar-refractivity contribution in [1.29, 1.82) is 0 Å². The Bertz CT molecular complexity index is 590. The first-order valence-electron chi connectivity index (χ1n) is 6.70. The molecule has 0 radical (unpaired) electrons. The van der Waals surface area contributed by atoms with Gasteiger partial charge in [-0.2, -0.15) is 0 Å². The molecule has 0 aliphatic carbocycles. The van der Waals surface area contributed by atoms with Crippen LogP contribution in [0, 0.1) is 5.92 Å². The number of rotatable bonds is 7. The minimum atomic E-state index is -3.67. The molecule has 1 unspecified atom stereocenters. The highest BCUT2D eigenvalue weighted by Gasteiger charge is 2.30. The molecule has 21 heavy (non-hydrogen) atoms. The Labute approximate surface area is 135 Å². The van der Waals surface area contributed by atoms with Gasteiger partial charge >= 0.3 is 0 Å². The van der Waals surface area contributed by atoms with Gasteiger partial charge in [0.1, 0.15) is 5.75 Å². The van der Waals surface area contributed by atoms with Gasteiger partial charge in [0.15, 0.2) is 0 Å². The van der Waals surface area contributed by atoms with Gasteiger partial charge in [-0.3, -0.25) is 0 Å². The quantitative estimate of drug-likeness (QED) is 0.763. The molecule has 0 amide bonds. The van der Waals surface area contributed by atoms with Gasteiger partial charge in [0.05, 0.1) is 12.0 Å². The van der Waals surface area contributed by atoms with Crippen LogP contribution in [0.25, 0.3) is 0 Å². The van der Waals surface area contributed by atoms with E-state index in [0.717, 1.165) is 0 Å². The highest BCUT2D eigenvalue weighted by atomic mass is 79.9. The second-order valence-electron chi connectivity index (χ2n) is 5.80. The summed E-state index contributed by atoms with van der Waals surface area (Å²) in [5, 5.41) is 0. The van der Waals surface area contributed by atoms with Crippen LogP contribution in [0.3, 0.4) is 0 Å². The smallest absolute Gasteiger partial charge is 0.241 e. The normalized spacial score (nSPS) is 15.0. The number of hydrogen-bond donors (Lipinski definition) is 2. The molecule has 3 N–H and O–H groups in total. The first-order valence-corrected chi connectivity index (χ1v) is 8.98. The van der Waals surface area contributed by atoms with E-state index in [0.29, 0.717) is 22.6 Å². The third kappa shape index (κ3) is 5.25. The number of sulfonamides is 1. The average Bonchev–Trinajstić information content (AvgIpc) is 2.36. The molecular weight excluding hydrogens is 356 g/mol. The molecule has 0 aromatic heterocycles. The number of ether oxygens (including phenoxy) is 1. The molecule has 1 aromatic rings. The highest BCUT2D eigenvalue weighted by Crippen LogP contribution is 2.26. The third-order valence-corrected chi connectivity index (χ3v) is 5.16. The van der Waals surface area contributed by atoms with Crippen molar-refractivity contribution in [1.82, 2.24) is 4.72 Å². The standard InChI is InChI=1S/C14H23BrN2O3S/c1-10(2)8-14(3,9-16)17-21(18,19)13-6-11(15)5-12(7-13)20-4/h5-7,10,17H,8-9,16H2,1-4H3. The number of benzene rings is 1. The molecule has 0 fully saturated rings. The predicted octanol–water partition coefficient (Wildman–Crippen LogP) is 2.50. The Morgan fingerprint density at radius 2 is 2.00 bits per heavy atom. The summed E-state index contributed by atoms with van der Waals surface area (Å²) in [5.74, 6) is 0.807. The molecule has 0 saturated carbocycles. The fraction of sp³-hybridized carbons (Fsp3) is 0.571. The number of nitrogens with two attached hydrogens (primary N) is 1. The van der Waals surface area contributed by atoms with Crippen LogP contribution in [-0.4, -0.2) is 27.6 Å². The Morgan fingerprint density at radius 3 is 2.48 bits per heavy atom. The largest absolute Gasteiger partial charge is 0.497 e. The maximum atomic E-state index is 12.6. The number of halogens is 1. The molecule has 0 spiro atoms. The van der Waals surface area contributed by atoms with Gasteiger partial charge in [-0.05, 0) is 31.4 Å². The molecule has 7 heteroatoms. The summed E-state index contributed by atoms with van der Waals surface area (Å²) >= 11 is 3.29. The Morgan fingerprint density at radius 1 is 1.38 bits per heavy atom. The van der Waals surface area contributed by atoms with Crippen molar-refractivity contribution in [2.75, 3.05) is 13.7 Å². The summed E-state index contributed by atoms with van der Waals surface area (Å²) in [4.78, 5) is 0.150. The molecular formula is C14H23BrN2O3S. The fourth-order valence-corrected chi connectivity index (χ4v) is 4.37.